The van der Waals surface area contributed by atoms with Gasteiger partial charge in [0.1, 0.15) is 13.1 Å². The van der Waals surface area contributed by atoms with Crippen LogP contribution in [0.5, 0.6) is 0 Å². The molecule has 0 bridgehead atoms. The first-order valence-electron chi connectivity index (χ1n) is 4.77. The van der Waals surface area contributed by atoms with E-state index in [4.69, 9.17) is 9.47 Å². The van der Waals surface area contributed by atoms with Crippen molar-refractivity contribution >= 4 is 6.29 Å². The molecule has 13 heavy (non-hydrogen) atoms. The van der Waals surface area contributed by atoms with Gasteiger partial charge < -0.3 is 14.3 Å². The minimum Gasteiger partial charge on any atom is -0.359 e. The van der Waals surface area contributed by atoms with E-state index in [1.807, 2.05) is 6.92 Å². The Kier molecular flexibility index (Phi) is 3.88. The molecule has 0 spiro atoms. The lowest BCUT2D eigenvalue weighted by molar-refractivity contribution is -0.122. The molecule has 0 unspecified atom stereocenters. The third kappa shape index (κ3) is 3.08. The van der Waals surface area contributed by atoms with E-state index in [2.05, 4.69) is 0 Å². The quantitative estimate of drug-likeness (QED) is 0.495. The first-order chi connectivity index (χ1) is 6.20. The predicted octanol–water partition coefficient (Wildman–Crippen LogP) is 1.75. The molecular formula is C10H18O3. The number of aldehydes is 1. The summed E-state index contributed by atoms with van der Waals surface area (Å²) in [5.74, 6) is 0. The van der Waals surface area contributed by atoms with Crippen LogP contribution in [0.2, 0.25) is 0 Å². The number of rotatable bonds is 4. The maximum absolute atomic E-state index is 10.7. The molecule has 0 radical (unpaired) electrons. The van der Waals surface area contributed by atoms with Crippen LogP contribution in [0.4, 0.5) is 0 Å². The molecule has 1 fully saturated rings. The number of carbonyl (C=O) groups is 1. The Bertz CT molecular complexity index is 160. The second-order valence-corrected chi connectivity index (χ2v) is 4.04. The third-order valence-electron chi connectivity index (χ3n) is 2.78. The first-order valence-corrected chi connectivity index (χ1v) is 4.77. The average Bonchev–Trinajstić information content (AvgIpc) is 2.17. The second-order valence-electron chi connectivity index (χ2n) is 4.04. The van der Waals surface area contributed by atoms with Crippen molar-refractivity contribution in [1.82, 2.24) is 0 Å². The summed E-state index contributed by atoms with van der Waals surface area (Å²) >= 11 is 0. The maximum Gasteiger partial charge on any atom is 0.146 e. The summed E-state index contributed by atoms with van der Waals surface area (Å²) in [6, 6.07) is 0. The number of hydrogen-bond donors (Lipinski definition) is 0. The molecule has 0 N–H and O–H groups in total. The van der Waals surface area contributed by atoms with E-state index in [0.29, 0.717) is 6.79 Å². The summed E-state index contributed by atoms with van der Waals surface area (Å²) in [5.41, 5.74) is -0.104. The van der Waals surface area contributed by atoms with E-state index in [9.17, 15) is 4.79 Å². The number of methoxy groups -OCH3 is 1. The van der Waals surface area contributed by atoms with Crippen molar-refractivity contribution < 1.29 is 14.3 Å². The Morgan fingerprint density at radius 3 is 2.54 bits per heavy atom. The highest BCUT2D eigenvalue weighted by Gasteiger charge is 2.30. The standard InChI is InChI=1S/C10H18O3/c1-10(7-11)5-3-9(4-6-10)13-8-12-2/h7,9H,3-6,8H2,1-2H3. The highest BCUT2D eigenvalue weighted by atomic mass is 16.7. The van der Waals surface area contributed by atoms with Crippen LogP contribution in [-0.4, -0.2) is 26.3 Å². The third-order valence-corrected chi connectivity index (χ3v) is 2.78. The van der Waals surface area contributed by atoms with Crippen molar-refractivity contribution in [3.05, 3.63) is 0 Å². The van der Waals surface area contributed by atoms with Gasteiger partial charge in [-0.05, 0) is 25.7 Å². The van der Waals surface area contributed by atoms with Gasteiger partial charge in [-0.15, -0.1) is 0 Å². The van der Waals surface area contributed by atoms with Crippen molar-refractivity contribution in [3.63, 3.8) is 0 Å². The van der Waals surface area contributed by atoms with E-state index in [-0.39, 0.29) is 11.5 Å². The number of ether oxygens (including phenoxy) is 2. The molecule has 1 aliphatic carbocycles. The van der Waals surface area contributed by atoms with Gasteiger partial charge in [-0.3, -0.25) is 0 Å². The van der Waals surface area contributed by atoms with Crippen LogP contribution in [0, 0.1) is 5.41 Å². The van der Waals surface area contributed by atoms with Crippen LogP contribution in [0.3, 0.4) is 0 Å². The summed E-state index contributed by atoms with van der Waals surface area (Å²) in [6.45, 7) is 2.38. The summed E-state index contributed by atoms with van der Waals surface area (Å²) < 4.78 is 10.3. The molecule has 0 aromatic rings. The molecule has 0 atom stereocenters. The predicted molar refractivity (Wildman–Crippen MR) is 49.4 cm³/mol. The molecule has 1 rings (SSSR count). The fourth-order valence-electron chi connectivity index (χ4n) is 1.70. The molecule has 1 saturated carbocycles. The minimum atomic E-state index is -0.104. The zero-order valence-electron chi connectivity index (χ0n) is 8.41. The fourth-order valence-corrected chi connectivity index (χ4v) is 1.70. The molecule has 1 aliphatic rings. The SMILES string of the molecule is COCOC1CCC(C)(C=O)CC1. The van der Waals surface area contributed by atoms with Crippen LogP contribution in [-0.2, 0) is 14.3 Å². The summed E-state index contributed by atoms with van der Waals surface area (Å²) in [4.78, 5) is 10.7. The zero-order valence-corrected chi connectivity index (χ0v) is 8.41. The monoisotopic (exact) mass is 186 g/mol. The first kappa shape index (κ1) is 10.7. The van der Waals surface area contributed by atoms with E-state index in [0.717, 1.165) is 32.0 Å². The molecule has 0 aliphatic heterocycles. The van der Waals surface area contributed by atoms with Crippen molar-refractivity contribution in [2.24, 2.45) is 5.41 Å². The Morgan fingerprint density at radius 1 is 1.46 bits per heavy atom. The van der Waals surface area contributed by atoms with Crippen molar-refractivity contribution in [2.45, 2.75) is 38.7 Å². The fraction of sp³-hybridized carbons (Fsp3) is 0.900. The van der Waals surface area contributed by atoms with Crippen molar-refractivity contribution in [3.8, 4) is 0 Å². The molecule has 0 saturated heterocycles. The Hall–Kier alpha value is -0.410. The number of carbonyl (C=O) groups excluding carboxylic acids is 1. The smallest absolute Gasteiger partial charge is 0.146 e. The Balaban J connectivity index is 2.26. The van der Waals surface area contributed by atoms with E-state index in [1.54, 1.807) is 7.11 Å². The van der Waals surface area contributed by atoms with Gasteiger partial charge in [-0.25, -0.2) is 0 Å². The molecular weight excluding hydrogens is 168 g/mol. The average molecular weight is 186 g/mol. The van der Waals surface area contributed by atoms with Crippen LogP contribution in [0.25, 0.3) is 0 Å². The van der Waals surface area contributed by atoms with Crippen LogP contribution >= 0.6 is 0 Å². The normalized spacial score (nSPS) is 34.5. The van der Waals surface area contributed by atoms with Gasteiger partial charge in [0.15, 0.2) is 0 Å². The summed E-state index contributed by atoms with van der Waals surface area (Å²) in [6.07, 6.45) is 5.18. The molecule has 0 aromatic heterocycles. The highest BCUT2D eigenvalue weighted by molar-refractivity contribution is 5.58. The molecule has 3 nitrogen and oxygen atoms in total. The van der Waals surface area contributed by atoms with E-state index in [1.165, 1.54) is 0 Å². The van der Waals surface area contributed by atoms with Crippen molar-refractivity contribution in [1.29, 1.82) is 0 Å². The van der Waals surface area contributed by atoms with Crippen molar-refractivity contribution in [2.75, 3.05) is 13.9 Å². The lowest BCUT2D eigenvalue weighted by atomic mass is 9.76. The van der Waals surface area contributed by atoms with Gasteiger partial charge in [0.25, 0.3) is 0 Å². The lowest BCUT2D eigenvalue weighted by Gasteiger charge is -2.32. The van der Waals surface area contributed by atoms with Crippen LogP contribution in [0.15, 0.2) is 0 Å². The zero-order chi connectivity index (χ0) is 9.73. The highest BCUT2D eigenvalue weighted by Crippen LogP contribution is 2.34. The van der Waals surface area contributed by atoms with Gasteiger partial charge in [0.05, 0.1) is 6.10 Å². The van der Waals surface area contributed by atoms with Gasteiger partial charge in [-0.1, -0.05) is 6.92 Å². The van der Waals surface area contributed by atoms with Crippen LogP contribution < -0.4 is 0 Å². The summed E-state index contributed by atoms with van der Waals surface area (Å²) in [5, 5.41) is 0. The molecule has 0 amide bonds. The Labute approximate surface area is 79.4 Å². The minimum absolute atomic E-state index is 0.104. The second kappa shape index (κ2) is 4.72. The van der Waals surface area contributed by atoms with Gasteiger partial charge in [0, 0.05) is 12.5 Å². The molecule has 76 valence electrons. The van der Waals surface area contributed by atoms with E-state index < -0.39 is 0 Å². The van der Waals surface area contributed by atoms with Gasteiger partial charge >= 0.3 is 0 Å². The molecule has 0 heterocycles. The summed E-state index contributed by atoms with van der Waals surface area (Å²) in [7, 11) is 1.62. The van der Waals surface area contributed by atoms with Gasteiger partial charge in [0.2, 0.25) is 0 Å². The molecule has 3 heteroatoms. The van der Waals surface area contributed by atoms with Crippen LogP contribution in [0.1, 0.15) is 32.6 Å². The Morgan fingerprint density at radius 2 is 2.08 bits per heavy atom. The topological polar surface area (TPSA) is 35.5 Å². The van der Waals surface area contributed by atoms with E-state index >= 15 is 0 Å². The lowest BCUT2D eigenvalue weighted by Crippen LogP contribution is -2.30. The number of hydrogen-bond acceptors (Lipinski definition) is 3. The maximum atomic E-state index is 10.7. The van der Waals surface area contributed by atoms with Gasteiger partial charge in [-0.2, -0.15) is 0 Å². The largest absolute Gasteiger partial charge is 0.359 e. The molecule has 0 aromatic carbocycles.